The van der Waals surface area contributed by atoms with Crippen molar-refractivity contribution < 1.29 is 13.2 Å². The Balaban J connectivity index is 1.62. The summed E-state index contributed by atoms with van der Waals surface area (Å²) in [5, 5.41) is 0.393. The second-order valence-electron chi connectivity index (χ2n) is 9.16. The van der Waals surface area contributed by atoms with Gasteiger partial charge < -0.3 is 5.73 Å². The number of rotatable bonds is 5. The van der Waals surface area contributed by atoms with Crippen LogP contribution >= 0.6 is 23.2 Å². The molecule has 1 saturated heterocycles. The molecule has 2 heterocycles. The maximum atomic E-state index is 14.1. The Hall–Kier alpha value is -3.30. The van der Waals surface area contributed by atoms with E-state index in [0.29, 0.717) is 17.7 Å². The minimum absolute atomic E-state index is 0.0106. The second-order valence-corrected chi connectivity index (χ2v) is 11.9. The van der Waals surface area contributed by atoms with Gasteiger partial charge in [0.05, 0.1) is 31.8 Å². The lowest BCUT2D eigenvalue weighted by Gasteiger charge is -2.45. The Morgan fingerprint density at radius 2 is 1.82 bits per heavy atom. The van der Waals surface area contributed by atoms with E-state index >= 15 is 0 Å². The fourth-order valence-corrected chi connectivity index (χ4v) is 6.83. The third-order valence-corrected chi connectivity index (χ3v) is 9.47. The molecule has 7 nitrogen and oxygen atoms in total. The zero-order valence-corrected chi connectivity index (χ0v) is 22.5. The van der Waals surface area contributed by atoms with E-state index in [1.54, 1.807) is 24.4 Å². The highest BCUT2D eigenvalue weighted by Crippen LogP contribution is 2.47. The van der Waals surface area contributed by atoms with E-state index < -0.39 is 15.4 Å². The number of fused-ring (bicyclic) bond motifs is 1. The van der Waals surface area contributed by atoms with Gasteiger partial charge in [0.25, 0.3) is 0 Å². The fraction of sp³-hybridized carbons (Fsp3) is 0.179. The van der Waals surface area contributed by atoms with Gasteiger partial charge in [0, 0.05) is 19.3 Å². The van der Waals surface area contributed by atoms with Crippen molar-refractivity contribution in [2.75, 3.05) is 13.1 Å². The van der Waals surface area contributed by atoms with Crippen LogP contribution in [0.4, 0.5) is 5.69 Å². The average Bonchev–Trinajstić information content (AvgIpc) is 2.94. The first kappa shape index (κ1) is 26.3. The van der Waals surface area contributed by atoms with Gasteiger partial charge >= 0.3 is 0 Å². The second kappa shape index (κ2) is 10.5. The maximum Gasteiger partial charge on any atom is 0.243 e. The number of para-hydroxylation sites is 1. The summed E-state index contributed by atoms with van der Waals surface area (Å²) < 4.78 is 28.7. The summed E-state index contributed by atoms with van der Waals surface area (Å²) in [4.78, 5) is 23.2. The lowest BCUT2D eigenvalue weighted by molar-refractivity contribution is 0.0770. The number of piperidine rings is 1. The molecule has 5 rings (SSSR count). The monoisotopic (exact) mass is 566 g/mol. The fourth-order valence-electron chi connectivity index (χ4n) is 4.94. The van der Waals surface area contributed by atoms with E-state index in [1.807, 2.05) is 36.4 Å². The van der Waals surface area contributed by atoms with Gasteiger partial charge in [-0.05, 0) is 73.2 Å². The molecule has 1 fully saturated rings. The summed E-state index contributed by atoms with van der Waals surface area (Å²) in [5.74, 6) is -0.267. The number of aromatic nitrogens is 1. The molecule has 0 radical (unpaired) electrons. The number of sulfonamides is 1. The van der Waals surface area contributed by atoms with Gasteiger partial charge in [-0.1, -0.05) is 53.0 Å². The number of nitrogens with two attached hydrogens (primary N) is 1. The summed E-state index contributed by atoms with van der Waals surface area (Å²) in [6.45, 7) is 0.110. The van der Waals surface area contributed by atoms with Gasteiger partial charge in [0.15, 0.2) is 5.78 Å². The summed E-state index contributed by atoms with van der Waals surface area (Å²) in [5.41, 5.74) is 7.96. The molecule has 1 atom stereocenters. The number of pyridine rings is 1. The van der Waals surface area contributed by atoms with Crippen LogP contribution in [0.2, 0.25) is 10.0 Å². The molecule has 1 aliphatic heterocycles. The minimum Gasteiger partial charge on any atom is -0.404 e. The van der Waals surface area contributed by atoms with Crippen molar-refractivity contribution in [3.8, 4) is 0 Å². The van der Waals surface area contributed by atoms with E-state index in [1.165, 1.54) is 28.7 Å². The molecule has 1 aliphatic carbocycles. The Morgan fingerprint density at radius 1 is 1.05 bits per heavy atom. The summed E-state index contributed by atoms with van der Waals surface area (Å²) in [6, 6.07) is 18.7. The number of allylic oxidation sites excluding steroid dienone is 2. The SMILES string of the molecule is N/C=C1/C[C@]2(C(=O)c3ccccn3)CN(S(=O)(=O)c3ccc(Cl)c(Cl)c3)CCC2=CC1=Nc1ccccc1. The van der Waals surface area contributed by atoms with Crippen LogP contribution in [-0.2, 0) is 10.0 Å². The Labute approximate surface area is 231 Å². The molecule has 0 amide bonds. The first-order chi connectivity index (χ1) is 18.2. The predicted octanol–water partition coefficient (Wildman–Crippen LogP) is 5.60. The highest BCUT2D eigenvalue weighted by Gasteiger charge is 2.51. The number of carbonyl (C=O) groups is 1. The number of aliphatic imine (C=N–C) groups is 1. The smallest absolute Gasteiger partial charge is 0.243 e. The normalized spacial score (nSPS) is 22.2. The summed E-state index contributed by atoms with van der Waals surface area (Å²) in [6.07, 6.45) is 5.38. The highest BCUT2D eigenvalue weighted by molar-refractivity contribution is 7.89. The van der Waals surface area contributed by atoms with Crippen LogP contribution in [0.1, 0.15) is 23.3 Å². The molecule has 3 aromatic rings. The lowest BCUT2D eigenvalue weighted by atomic mass is 9.64. The van der Waals surface area contributed by atoms with Crippen molar-refractivity contribution in [3.63, 3.8) is 0 Å². The third kappa shape index (κ3) is 4.80. The average molecular weight is 567 g/mol. The quantitative estimate of drug-likeness (QED) is 0.405. The largest absolute Gasteiger partial charge is 0.404 e. The molecular weight excluding hydrogens is 543 g/mol. The van der Waals surface area contributed by atoms with E-state index in [9.17, 15) is 13.2 Å². The van der Waals surface area contributed by atoms with Crippen LogP contribution in [0.25, 0.3) is 0 Å². The molecule has 1 aromatic heterocycles. The molecule has 2 aromatic carbocycles. The number of halogens is 2. The van der Waals surface area contributed by atoms with Crippen LogP contribution in [0.3, 0.4) is 0 Å². The number of benzene rings is 2. The first-order valence-corrected chi connectivity index (χ1v) is 14.1. The van der Waals surface area contributed by atoms with E-state index in [4.69, 9.17) is 33.9 Å². The summed E-state index contributed by atoms with van der Waals surface area (Å²) in [7, 11) is -3.98. The van der Waals surface area contributed by atoms with Crippen molar-refractivity contribution in [1.29, 1.82) is 0 Å². The number of carbonyl (C=O) groups excluding carboxylic acids is 1. The van der Waals surface area contributed by atoms with Crippen molar-refractivity contribution in [3.05, 3.63) is 112 Å². The van der Waals surface area contributed by atoms with Crippen molar-refractivity contribution in [2.45, 2.75) is 17.7 Å². The molecular formula is C28H24Cl2N4O3S. The molecule has 2 aliphatic rings. The van der Waals surface area contributed by atoms with E-state index in [2.05, 4.69) is 4.98 Å². The van der Waals surface area contributed by atoms with Gasteiger partial charge in [-0.3, -0.25) is 9.78 Å². The Bertz CT molecular complexity index is 1590. The Morgan fingerprint density at radius 3 is 2.50 bits per heavy atom. The maximum absolute atomic E-state index is 14.1. The third-order valence-electron chi connectivity index (χ3n) is 6.89. The van der Waals surface area contributed by atoms with Gasteiger partial charge in [-0.15, -0.1) is 0 Å². The standard InChI is InChI=1S/C28H24Cl2N4O3S/c29-23-10-9-22(15-24(23)30)38(36,37)34-13-11-20-14-26(33-21-6-2-1-3-7-21)19(17-31)16-28(20,18-34)27(35)25-8-4-5-12-32-25/h1-10,12,14-15,17H,11,13,16,18,31H2/b19-17-,33-26?/t28-/m0/s1. The molecule has 0 bridgehead atoms. The van der Waals surface area contributed by atoms with E-state index in [0.717, 1.165) is 11.3 Å². The van der Waals surface area contributed by atoms with Crippen molar-refractivity contribution in [2.24, 2.45) is 16.1 Å². The van der Waals surface area contributed by atoms with Crippen LogP contribution in [0.5, 0.6) is 0 Å². The molecule has 2 N–H and O–H groups in total. The number of hydrogen-bond donors (Lipinski definition) is 1. The molecule has 10 heteroatoms. The van der Waals surface area contributed by atoms with Crippen LogP contribution in [-0.4, -0.2) is 42.3 Å². The van der Waals surface area contributed by atoms with Crippen molar-refractivity contribution in [1.82, 2.24) is 9.29 Å². The zero-order valence-electron chi connectivity index (χ0n) is 20.2. The van der Waals surface area contributed by atoms with Gasteiger partial charge in [-0.25, -0.2) is 13.4 Å². The molecule has 0 saturated carbocycles. The predicted molar refractivity (Wildman–Crippen MR) is 149 cm³/mol. The lowest BCUT2D eigenvalue weighted by Crippen LogP contribution is -2.53. The van der Waals surface area contributed by atoms with Gasteiger partial charge in [-0.2, -0.15) is 4.31 Å². The minimum atomic E-state index is -3.98. The number of Topliss-reactive ketones (excluding diaryl/α,β-unsaturated/α-hetero) is 1. The van der Waals surface area contributed by atoms with Crippen LogP contribution < -0.4 is 5.73 Å². The number of nitrogens with zero attached hydrogens (tertiary/aromatic N) is 3. The van der Waals surface area contributed by atoms with Gasteiger partial charge in [0.2, 0.25) is 10.0 Å². The molecule has 0 unspecified atom stereocenters. The first-order valence-electron chi connectivity index (χ1n) is 11.9. The van der Waals surface area contributed by atoms with Gasteiger partial charge in [0.1, 0.15) is 5.69 Å². The molecule has 0 spiro atoms. The zero-order chi connectivity index (χ0) is 26.9. The topological polar surface area (TPSA) is 106 Å². The molecule has 194 valence electrons. The number of ketones is 1. The molecule has 38 heavy (non-hydrogen) atoms. The highest BCUT2D eigenvalue weighted by atomic mass is 35.5. The van der Waals surface area contributed by atoms with Crippen LogP contribution in [0, 0.1) is 5.41 Å². The Kier molecular flexibility index (Phi) is 7.24. The summed E-state index contributed by atoms with van der Waals surface area (Å²) >= 11 is 12.1. The van der Waals surface area contributed by atoms with Crippen LogP contribution in [0.15, 0.2) is 106 Å². The van der Waals surface area contributed by atoms with E-state index in [-0.39, 0.29) is 45.9 Å². The number of hydrogen-bond acceptors (Lipinski definition) is 6. The van der Waals surface area contributed by atoms with Crippen molar-refractivity contribution >= 4 is 50.4 Å².